The first-order chi connectivity index (χ1) is 13.5. The molecule has 0 spiro atoms. The van der Waals surface area contributed by atoms with Crippen LogP contribution in [0.4, 0.5) is 0 Å². The Kier molecular flexibility index (Phi) is 6.29. The molecule has 0 saturated heterocycles. The second-order valence-corrected chi connectivity index (χ2v) is 7.01. The third-order valence-electron chi connectivity index (χ3n) is 5.37. The number of benzene rings is 1. The number of nitrogens with zero attached hydrogens (tertiary/aromatic N) is 1. The van der Waals surface area contributed by atoms with E-state index in [2.05, 4.69) is 11.5 Å². The normalized spacial score (nSPS) is 13.5. The molecular formula is C22H29NO5. The summed E-state index contributed by atoms with van der Waals surface area (Å²) in [5, 5.41) is 0. The average Bonchev–Trinajstić information content (AvgIpc) is 2.72. The predicted octanol–water partition coefficient (Wildman–Crippen LogP) is 3.59. The first kappa shape index (κ1) is 20.3. The minimum Gasteiger partial charge on any atom is -0.493 e. The molecule has 6 nitrogen and oxygen atoms in total. The van der Waals surface area contributed by atoms with E-state index in [4.69, 9.17) is 18.9 Å². The number of rotatable bonds is 8. The van der Waals surface area contributed by atoms with Crippen LogP contribution in [0, 0.1) is 6.92 Å². The molecule has 0 amide bonds. The van der Waals surface area contributed by atoms with Crippen LogP contribution >= 0.6 is 0 Å². The molecule has 2 aromatic rings. The van der Waals surface area contributed by atoms with Crippen molar-refractivity contribution in [3.63, 3.8) is 0 Å². The molecule has 3 rings (SSSR count). The molecule has 1 atom stereocenters. The maximum Gasteiger partial charge on any atom is 0.197 e. The van der Waals surface area contributed by atoms with Crippen LogP contribution in [0.2, 0.25) is 0 Å². The summed E-state index contributed by atoms with van der Waals surface area (Å²) in [5.41, 5.74) is 3.60. The first-order valence-electron chi connectivity index (χ1n) is 9.69. The maximum atomic E-state index is 12.7. The summed E-state index contributed by atoms with van der Waals surface area (Å²) in [7, 11) is 4.96. The highest BCUT2D eigenvalue weighted by Gasteiger charge is 2.26. The van der Waals surface area contributed by atoms with Gasteiger partial charge in [0.25, 0.3) is 0 Å². The lowest BCUT2D eigenvalue weighted by molar-refractivity contribution is 0.0484. The molecule has 1 unspecified atom stereocenters. The van der Waals surface area contributed by atoms with E-state index in [1.807, 2.05) is 19.1 Å². The Morgan fingerprint density at radius 1 is 1.18 bits per heavy atom. The molecular weight excluding hydrogens is 358 g/mol. The number of ether oxygens (including phenoxy) is 4. The molecule has 0 fully saturated rings. The van der Waals surface area contributed by atoms with Gasteiger partial charge < -0.3 is 23.5 Å². The van der Waals surface area contributed by atoms with Gasteiger partial charge in [0, 0.05) is 36.4 Å². The summed E-state index contributed by atoms with van der Waals surface area (Å²) < 4.78 is 24.7. The molecule has 1 aromatic carbocycles. The highest BCUT2D eigenvalue weighted by Crippen LogP contribution is 2.42. The summed E-state index contributed by atoms with van der Waals surface area (Å²) in [6, 6.07) is 5.46. The molecule has 0 radical (unpaired) electrons. The standard InChI is InChI=1S/C22H29NO5/c1-6-7-15(25-3)13-28-20-12-18(24)14(2)21-16-8-9-19(26-4)22(27-5)17(16)10-11-23(20)21/h8-9,12,15H,6-7,10-11,13H2,1-5H3. The topological polar surface area (TPSA) is 58.9 Å². The van der Waals surface area contributed by atoms with E-state index in [1.165, 1.54) is 0 Å². The van der Waals surface area contributed by atoms with Crippen molar-refractivity contribution in [2.45, 2.75) is 45.8 Å². The molecule has 2 heterocycles. The van der Waals surface area contributed by atoms with Gasteiger partial charge in [0.1, 0.15) is 6.61 Å². The Labute approximate surface area is 166 Å². The number of fused-ring (bicyclic) bond motifs is 3. The number of aromatic nitrogens is 1. The van der Waals surface area contributed by atoms with Gasteiger partial charge in [-0.2, -0.15) is 0 Å². The van der Waals surface area contributed by atoms with E-state index in [9.17, 15) is 4.79 Å². The molecule has 0 saturated carbocycles. The van der Waals surface area contributed by atoms with Crippen LogP contribution in [0.15, 0.2) is 23.0 Å². The SMILES string of the molecule is CCCC(COc1cc(=O)c(C)c2n1CCc1c-2ccc(OC)c1OC)OC. The molecule has 28 heavy (non-hydrogen) atoms. The van der Waals surface area contributed by atoms with Gasteiger partial charge in [-0.15, -0.1) is 0 Å². The van der Waals surface area contributed by atoms with Crippen molar-refractivity contribution in [1.29, 1.82) is 0 Å². The number of pyridine rings is 1. The van der Waals surface area contributed by atoms with E-state index < -0.39 is 0 Å². The molecule has 1 aliphatic rings. The second kappa shape index (κ2) is 8.69. The Balaban J connectivity index is 2.07. The molecule has 0 bridgehead atoms. The van der Waals surface area contributed by atoms with Crippen LogP contribution in [0.25, 0.3) is 11.3 Å². The van der Waals surface area contributed by atoms with E-state index in [0.29, 0.717) is 30.3 Å². The zero-order valence-electron chi connectivity index (χ0n) is 17.3. The van der Waals surface area contributed by atoms with Crippen molar-refractivity contribution in [1.82, 2.24) is 4.57 Å². The van der Waals surface area contributed by atoms with Crippen molar-refractivity contribution in [3.05, 3.63) is 39.5 Å². The van der Waals surface area contributed by atoms with Crippen LogP contribution < -0.4 is 19.6 Å². The molecule has 6 heteroatoms. The van der Waals surface area contributed by atoms with Gasteiger partial charge in [0.2, 0.25) is 0 Å². The molecule has 1 aromatic heterocycles. The zero-order valence-corrected chi connectivity index (χ0v) is 17.3. The summed E-state index contributed by atoms with van der Waals surface area (Å²) >= 11 is 0. The van der Waals surface area contributed by atoms with Crippen LogP contribution in [0.3, 0.4) is 0 Å². The summed E-state index contributed by atoms with van der Waals surface area (Å²) in [5.74, 6) is 2.01. The van der Waals surface area contributed by atoms with E-state index in [1.54, 1.807) is 27.4 Å². The van der Waals surface area contributed by atoms with Gasteiger partial charge in [-0.05, 0) is 31.9 Å². The lowest BCUT2D eigenvalue weighted by atomic mass is 9.93. The van der Waals surface area contributed by atoms with Gasteiger partial charge in [0.05, 0.1) is 26.0 Å². The summed E-state index contributed by atoms with van der Waals surface area (Å²) in [4.78, 5) is 12.7. The van der Waals surface area contributed by atoms with Gasteiger partial charge in [-0.25, -0.2) is 0 Å². The minimum atomic E-state index is -0.0339. The van der Waals surface area contributed by atoms with Crippen molar-refractivity contribution >= 4 is 0 Å². The fourth-order valence-corrected chi connectivity index (χ4v) is 3.87. The lowest BCUT2D eigenvalue weighted by Crippen LogP contribution is -2.25. The van der Waals surface area contributed by atoms with E-state index >= 15 is 0 Å². The monoisotopic (exact) mass is 387 g/mol. The minimum absolute atomic E-state index is 0.0119. The van der Waals surface area contributed by atoms with Crippen molar-refractivity contribution in [2.24, 2.45) is 0 Å². The van der Waals surface area contributed by atoms with Crippen molar-refractivity contribution in [2.75, 3.05) is 27.9 Å². The first-order valence-corrected chi connectivity index (χ1v) is 9.69. The number of methoxy groups -OCH3 is 3. The van der Waals surface area contributed by atoms with Gasteiger partial charge in [0.15, 0.2) is 22.8 Å². The Bertz CT molecular complexity index is 903. The van der Waals surface area contributed by atoms with E-state index in [0.717, 1.165) is 41.8 Å². The van der Waals surface area contributed by atoms with Gasteiger partial charge >= 0.3 is 0 Å². The van der Waals surface area contributed by atoms with Crippen molar-refractivity contribution in [3.8, 4) is 28.6 Å². The highest BCUT2D eigenvalue weighted by molar-refractivity contribution is 5.74. The fourth-order valence-electron chi connectivity index (χ4n) is 3.87. The predicted molar refractivity (Wildman–Crippen MR) is 109 cm³/mol. The smallest absolute Gasteiger partial charge is 0.197 e. The lowest BCUT2D eigenvalue weighted by Gasteiger charge is -2.28. The Morgan fingerprint density at radius 3 is 2.61 bits per heavy atom. The highest BCUT2D eigenvalue weighted by atomic mass is 16.5. The van der Waals surface area contributed by atoms with Crippen molar-refractivity contribution < 1.29 is 18.9 Å². The van der Waals surface area contributed by atoms with Gasteiger partial charge in [-0.1, -0.05) is 13.3 Å². The van der Waals surface area contributed by atoms with Gasteiger partial charge in [-0.3, -0.25) is 4.79 Å². The third-order valence-corrected chi connectivity index (χ3v) is 5.37. The maximum absolute atomic E-state index is 12.7. The Hall–Kier alpha value is -2.47. The summed E-state index contributed by atoms with van der Waals surface area (Å²) in [6.45, 7) is 5.10. The third kappa shape index (κ3) is 3.61. The average molecular weight is 387 g/mol. The molecule has 0 N–H and O–H groups in total. The second-order valence-electron chi connectivity index (χ2n) is 7.01. The summed E-state index contributed by atoms with van der Waals surface area (Å²) in [6.07, 6.45) is 2.71. The molecule has 0 aliphatic carbocycles. The number of hydrogen-bond acceptors (Lipinski definition) is 5. The molecule has 152 valence electrons. The fraction of sp³-hybridized carbons (Fsp3) is 0.500. The van der Waals surface area contributed by atoms with E-state index in [-0.39, 0.29) is 11.5 Å². The largest absolute Gasteiger partial charge is 0.493 e. The number of hydrogen-bond donors (Lipinski definition) is 0. The van der Waals surface area contributed by atoms with Crippen LogP contribution in [0.1, 0.15) is 30.9 Å². The van der Waals surface area contributed by atoms with Crippen LogP contribution in [-0.2, 0) is 17.7 Å². The van der Waals surface area contributed by atoms with Crippen LogP contribution in [-0.4, -0.2) is 38.6 Å². The molecule has 1 aliphatic heterocycles. The zero-order chi connectivity index (χ0) is 20.3. The van der Waals surface area contributed by atoms with Crippen LogP contribution in [0.5, 0.6) is 17.4 Å². The quantitative estimate of drug-likeness (QED) is 0.693. The Morgan fingerprint density at radius 2 is 1.96 bits per heavy atom.